The molecule has 0 aliphatic rings. The van der Waals surface area contributed by atoms with Gasteiger partial charge in [0.1, 0.15) is 5.69 Å². The van der Waals surface area contributed by atoms with Crippen LogP contribution in [0.25, 0.3) is 11.1 Å². The first-order chi connectivity index (χ1) is 16.0. The molecule has 3 aromatic carbocycles. The van der Waals surface area contributed by atoms with Crippen LogP contribution in [0, 0.1) is 42.2 Å². The molecule has 0 saturated carbocycles. The van der Waals surface area contributed by atoms with Crippen molar-refractivity contribution in [3.05, 3.63) is 88.5 Å². The normalized spacial score (nSPS) is 9.82. The highest BCUT2D eigenvalue weighted by Gasteiger charge is 2.09. The van der Waals surface area contributed by atoms with Crippen LogP contribution in [0.5, 0.6) is 0 Å². The average Bonchev–Trinajstić information content (AvgIpc) is 2.80. The lowest BCUT2D eigenvalue weighted by atomic mass is 9.97. The summed E-state index contributed by atoms with van der Waals surface area (Å²) in [5.74, 6) is 10.6. The molecule has 164 valence electrons. The van der Waals surface area contributed by atoms with Gasteiger partial charge in [0, 0.05) is 23.1 Å². The maximum absolute atomic E-state index is 14.0. The maximum atomic E-state index is 14.0. The fraction of sp³-hybridized carbons (Fsp3) is 0.207. The lowest BCUT2D eigenvalue weighted by Gasteiger charge is -2.07. The zero-order valence-electron chi connectivity index (χ0n) is 18.6. The van der Waals surface area contributed by atoms with Crippen molar-refractivity contribution in [1.29, 1.82) is 0 Å². The van der Waals surface area contributed by atoms with Crippen LogP contribution in [0.2, 0.25) is 0 Å². The molecule has 0 radical (unpaired) electrons. The Morgan fingerprint density at radius 3 is 2.12 bits per heavy atom. The van der Waals surface area contributed by atoms with Crippen molar-refractivity contribution in [2.45, 2.75) is 39.5 Å². The number of benzene rings is 3. The Bertz CT molecular complexity index is 1290. The van der Waals surface area contributed by atoms with Gasteiger partial charge in [-0.15, -0.1) is 0 Å². The van der Waals surface area contributed by atoms with Gasteiger partial charge < -0.3 is 0 Å². The number of isothiocyanates is 1. The molecule has 0 unspecified atom stereocenters. The Morgan fingerprint density at radius 1 is 0.818 bits per heavy atom. The highest BCUT2D eigenvalue weighted by molar-refractivity contribution is 7.78. The quantitative estimate of drug-likeness (QED) is 0.164. The number of hydrogen-bond donors (Lipinski definition) is 0. The third-order valence-corrected chi connectivity index (χ3v) is 5.18. The predicted octanol–water partition coefficient (Wildman–Crippen LogP) is 8.01. The van der Waals surface area contributed by atoms with Gasteiger partial charge in [-0.25, -0.2) is 8.78 Å². The minimum absolute atomic E-state index is 0.222. The van der Waals surface area contributed by atoms with Crippen molar-refractivity contribution in [3.63, 3.8) is 0 Å². The average molecular weight is 456 g/mol. The number of aliphatic imine (C=N–C) groups is 1. The monoisotopic (exact) mass is 455 g/mol. The van der Waals surface area contributed by atoms with Crippen molar-refractivity contribution < 1.29 is 8.78 Å². The number of rotatable bonds is 5. The molecule has 1 nitrogen and oxygen atoms in total. The van der Waals surface area contributed by atoms with Crippen molar-refractivity contribution in [3.8, 4) is 34.8 Å². The summed E-state index contributed by atoms with van der Waals surface area (Å²) in [4.78, 5) is 3.40. The Labute approximate surface area is 199 Å². The van der Waals surface area contributed by atoms with Crippen molar-refractivity contribution in [2.75, 3.05) is 0 Å². The summed E-state index contributed by atoms with van der Waals surface area (Å²) in [6.45, 7) is 4.26. The lowest BCUT2D eigenvalue weighted by Crippen LogP contribution is -1.87. The van der Waals surface area contributed by atoms with Gasteiger partial charge in [-0.3, -0.25) is 0 Å². The summed E-state index contributed by atoms with van der Waals surface area (Å²) < 4.78 is 27.9. The van der Waals surface area contributed by atoms with E-state index < -0.39 is 17.3 Å². The van der Waals surface area contributed by atoms with Gasteiger partial charge in [-0.2, -0.15) is 4.99 Å². The number of halogens is 2. The van der Waals surface area contributed by atoms with E-state index in [0.29, 0.717) is 0 Å². The van der Waals surface area contributed by atoms with Crippen LogP contribution in [-0.2, 0) is 0 Å². The van der Waals surface area contributed by atoms with E-state index in [9.17, 15) is 8.78 Å². The smallest absolute Gasteiger partial charge is 0.153 e. The van der Waals surface area contributed by atoms with Crippen molar-refractivity contribution in [1.82, 2.24) is 0 Å². The first-order valence-corrected chi connectivity index (χ1v) is 11.2. The molecule has 0 aliphatic carbocycles. The zero-order chi connectivity index (χ0) is 23.6. The van der Waals surface area contributed by atoms with Gasteiger partial charge in [0.25, 0.3) is 0 Å². The van der Waals surface area contributed by atoms with E-state index in [1.54, 1.807) is 0 Å². The van der Waals surface area contributed by atoms with E-state index in [0.717, 1.165) is 52.8 Å². The van der Waals surface area contributed by atoms with Gasteiger partial charge in [0.2, 0.25) is 0 Å². The zero-order valence-corrected chi connectivity index (χ0v) is 19.5. The second-order valence-corrected chi connectivity index (χ2v) is 7.79. The number of aryl methyl sites for hydroxylation is 1. The van der Waals surface area contributed by atoms with Crippen molar-refractivity contribution >= 4 is 23.1 Å². The summed E-state index contributed by atoms with van der Waals surface area (Å²) in [7, 11) is 0. The van der Waals surface area contributed by atoms with Crippen LogP contribution in [0.3, 0.4) is 0 Å². The first-order valence-electron chi connectivity index (χ1n) is 10.8. The molecule has 33 heavy (non-hydrogen) atoms. The fourth-order valence-electron chi connectivity index (χ4n) is 3.36. The molecule has 0 bridgehead atoms. The van der Waals surface area contributed by atoms with E-state index in [4.69, 9.17) is 0 Å². The summed E-state index contributed by atoms with van der Waals surface area (Å²) in [5, 5.41) is 1.97. The summed E-state index contributed by atoms with van der Waals surface area (Å²) in [5.41, 5.74) is 4.89. The van der Waals surface area contributed by atoms with E-state index in [-0.39, 0.29) is 5.56 Å². The highest BCUT2D eigenvalue weighted by atomic mass is 32.1. The van der Waals surface area contributed by atoms with Gasteiger partial charge in [-0.1, -0.05) is 61.6 Å². The minimum atomic E-state index is -0.823. The number of unbranched alkanes of at least 4 members (excludes halogenated alkanes) is 3. The summed E-state index contributed by atoms with van der Waals surface area (Å²) in [6, 6.07) is 16.3. The minimum Gasteiger partial charge on any atom is -0.204 e. The van der Waals surface area contributed by atoms with Crippen LogP contribution in [0.4, 0.5) is 14.5 Å². The maximum Gasteiger partial charge on any atom is 0.153 e. The highest BCUT2D eigenvalue weighted by Crippen LogP contribution is 2.25. The third-order valence-electron chi connectivity index (χ3n) is 5.09. The van der Waals surface area contributed by atoms with Gasteiger partial charge in [-0.05, 0) is 78.7 Å². The standard InChI is InChI=1S/C29H23F2NS/c1-3-4-5-6-7-8-23-13-16-26(21(2)17-23)25-14-11-22(12-15-25)9-10-24-18-27(30)29(32-20-33)28(31)19-24/h11-19H,3-6H2,1-2H3. The molecule has 3 rings (SSSR count). The summed E-state index contributed by atoms with van der Waals surface area (Å²) >= 11 is 4.41. The third kappa shape index (κ3) is 6.71. The van der Waals surface area contributed by atoms with E-state index in [1.165, 1.54) is 12.8 Å². The molecule has 4 heteroatoms. The molecule has 0 saturated heterocycles. The molecule has 0 fully saturated rings. The molecule has 0 heterocycles. The fourth-order valence-corrected chi connectivity index (χ4v) is 3.45. The van der Waals surface area contributed by atoms with E-state index in [2.05, 4.69) is 66.9 Å². The number of nitrogens with zero attached hydrogens (tertiary/aromatic N) is 1. The Morgan fingerprint density at radius 2 is 1.48 bits per heavy atom. The first kappa shape index (κ1) is 24.1. The Hall–Kier alpha value is -3.56. The van der Waals surface area contributed by atoms with E-state index >= 15 is 0 Å². The summed E-state index contributed by atoms with van der Waals surface area (Å²) in [6.07, 6.45) is 4.50. The topological polar surface area (TPSA) is 12.4 Å². The molecule has 0 aromatic heterocycles. The van der Waals surface area contributed by atoms with Gasteiger partial charge in [0.15, 0.2) is 11.6 Å². The number of hydrogen-bond acceptors (Lipinski definition) is 2. The van der Waals surface area contributed by atoms with Crippen LogP contribution in [0.1, 0.15) is 54.9 Å². The van der Waals surface area contributed by atoms with Crippen LogP contribution >= 0.6 is 12.2 Å². The second-order valence-electron chi connectivity index (χ2n) is 7.61. The van der Waals surface area contributed by atoms with E-state index in [1.807, 2.05) is 35.5 Å². The molecule has 0 N–H and O–H groups in total. The van der Waals surface area contributed by atoms with Crippen LogP contribution in [-0.4, -0.2) is 5.16 Å². The van der Waals surface area contributed by atoms with Gasteiger partial charge >= 0.3 is 0 Å². The van der Waals surface area contributed by atoms with Crippen molar-refractivity contribution in [2.24, 2.45) is 4.99 Å². The van der Waals surface area contributed by atoms with Gasteiger partial charge in [0.05, 0.1) is 5.16 Å². The van der Waals surface area contributed by atoms with Crippen LogP contribution < -0.4 is 0 Å². The molecule has 0 spiro atoms. The molecule has 0 amide bonds. The molecule has 0 atom stereocenters. The Kier molecular flexibility index (Phi) is 8.68. The molecule has 0 aliphatic heterocycles. The van der Waals surface area contributed by atoms with Crippen LogP contribution in [0.15, 0.2) is 59.6 Å². The Balaban J connectivity index is 1.74. The largest absolute Gasteiger partial charge is 0.204 e. The lowest BCUT2D eigenvalue weighted by molar-refractivity contribution is 0.587. The molecular formula is C29H23F2NS. The second kappa shape index (κ2) is 11.9. The number of thiocarbonyl (C=S) groups is 1. The predicted molar refractivity (Wildman–Crippen MR) is 135 cm³/mol. The SMILES string of the molecule is CCCCCC#Cc1ccc(-c2ccc(C#Cc3cc(F)c(N=C=S)c(F)c3)cc2)c(C)c1. The molecule has 3 aromatic rings. The molecular weight excluding hydrogens is 432 g/mol.